The van der Waals surface area contributed by atoms with E-state index in [4.69, 9.17) is 0 Å². The molecule has 0 spiro atoms. The molecule has 1 aliphatic rings. The third-order valence-corrected chi connectivity index (χ3v) is 19.3. The number of unbranched alkanes of at least 4 members (excludes halogenated alkanes) is 8. The van der Waals surface area contributed by atoms with Crippen molar-refractivity contribution in [2.75, 3.05) is 0 Å². The number of hydrogen-bond acceptors (Lipinski definition) is 1. The minimum atomic E-state index is -1.28. The second-order valence-electron chi connectivity index (χ2n) is 8.01. The summed E-state index contributed by atoms with van der Waals surface area (Å²) < 4.78 is -1.28. The van der Waals surface area contributed by atoms with Crippen LogP contribution < -0.4 is 10.4 Å². The van der Waals surface area contributed by atoms with Crippen LogP contribution in [0.3, 0.4) is 0 Å². The van der Waals surface area contributed by atoms with Gasteiger partial charge in [0, 0.05) is 0 Å². The molecule has 2 rings (SSSR count). The van der Waals surface area contributed by atoms with E-state index in [2.05, 4.69) is 57.4 Å². The van der Waals surface area contributed by atoms with Crippen LogP contribution in [-0.4, -0.2) is 35.7 Å². The molecule has 154 valence electrons. The quantitative estimate of drug-likeness (QED) is 0.162. The molecule has 1 aromatic rings. The zero-order valence-corrected chi connectivity index (χ0v) is 21.7. The zero-order valence-electron chi connectivity index (χ0n) is 17.3. The van der Waals surface area contributed by atoms with Gasteiger partial charge >= 0.3 is 183 Å². The van der Waals surface area contributed by atoms with E-state index in [-0.39, 0.29) is 0 Å². The van der Waals surface area contributed by atoms with Crippen LogP contribution in [0.15, 0.2) is 30.3 Å². The Morgan fingerprint density at radius 3 is 2.11 bits per heavy atom. The van der Waals surface area contributed by atoms with Crippen molar-refractivity contribution in [1.29, 1.82) is 0 Å². The first-order chi connectivity index (χ1) is 13.2. The van der Waals surface area contributed by atoms with Gasteiger partial charge in [0.15, 0.2) is 0 Å². The maximum atomic E-state index is 4.16. The van der Waals surface area contributed by atoms with Crippen molar-refractivity contribution in [2.45, 2.75) is 108 Å². The molecule has 0 saturated heterocycles. The molecule has 1 fully saturated rings. The molecule has 1 aromatic carbocycles. The van der Waals surface area contributed by atoms with E-state index in [1.54, 1.807) is 5.30 Å². The van der Waals surface area contributed by atoms with E-state index in [0.29, 0.717) is 14.5 Å². The second kappa shape index (κ2) is 14.6. The molecule has 1 atom stereocenters. The predicted molar refractivity (Wildman–Crippen MR) is 127 cm³/mol. The molecule has 0 aromatic heterocycles. The molecular formula is C23H40NPSe2. The first kappa shape index (κ1) is 23.9. The van der Waals surface area contributed by atoms with Gasteiger partial charge in [-0.3, -0.25) is 0 Å². The van der Waals surface area contributed by atoms with Gasteiger partial charge in [-0.05, 0) is 0 Å². The number of rotatable bonds is 14. The van der Waals surface area contributed by atoms with Crippen LogP contribution in [0.4, 0.5) is 0 Å². The molecule has 1 saturated carbocycles. The van der Waals surface area contributed by atoms with E-state index >= 15 is 0 Å². The van der Waals surface area contributed by atoms with Crippen LogP contribution in [-0.2, 0) is 0 Å². The summed E-state index contributed by atoms with van der Waals surface area (Å²) in [6, 6.07) is 12.1. The van der Waals surface area contributed by atoms with E-state index in [9.17, 15) is 0 Å². The average Bonchev–Trinajstić information content (AvgIpc) is 2.71. The molecule has 0 aliphatic heterocycles. The molecule has 0 bridgehead atoms. The van der Waals surface area contributed by atoms with Crippen molar-refractivity contribution < 1.29 is 0 Å². The molecule has 1 aliphatic carbocycles. The van der Waals surface area contributed by atoms with E-state index in [0.717, 1.165) is 6.04 Å². The van der Waals surface area contributed by atoms with E-state index in [1.165, 1.54) is 95.2 Å². The third-order valence-electron chi connectivity index (χ3n) is 5.57. The summed E-state index contributed by atoms with van der Waals surface area (Å²) >= 11 is 4.39. The molecule has 1 N–H and O–H groups in total. The predicted octanol–water partition coefficient (Wildman–Crippen LogP) is 6.82. The Balaban J connectivity index is 1.72. The Hall–Kier alpha value is 0.649. The first-order valence-electron chi connectivity index (χ1n) is 11.3. The van der Waals surface area contributed by atoms with Gasteiger partial charge in [-0.1, -0.05) is 0 Å². The summed E-state index contributed by atoms with van der Waals surface area (Å²) in [5.41, 5.74) is 0. The molecule has 27 heavy (non-hydrogen) atoms. The summed E-state index contributed by atoms with van der Waals surface area (Å²) in [6.45, 7) is 2.30. The summed E-state index contributed by atoms with van der Waals surface area (Å²) in [7, 11) is 0. The van der Waals surface area contributed by atoms with Crippen LogP contribution in [0.25, 0.3) is 0 Å². The zero-order chi connectivity index (χ0) is 19.2. The SMILES string of the molecule is CCCCCCCCCCC[Se]P(=[Se])(NC1CCCCC1)c1ccccc1. The first-order valence-corrected chi connectivity index (χ1v) is 18.8. The third kappa shape index (κ3) is 9.80. The average molecular weight is 519 g/mol. The molecule has 0 radical (unpaired) electrons. The van der Waals surface area contributed by atoms with Crippen LogP contribution in [0.5, 0.6) is 0 Å². The number of benzene rings is 1. The van der Waals surface area contributed by atoms with E-state index in [1.807, 2.05) is 0 Å². The monoisotopic (exact) mass is 521 g/mol. The maximum absolute atomic E-state index is 4.16. The standard InChI is InChI=1S/C23H40NPSe2/c1-2-3-4-5-6-7-8-9-16-21-27-25(26,23-19-14-11-15-20-23)24-22-17-12-10-13-18-22/h11,14-15,19-20,22H,2-10,12-13,16-18,21H2,1H3,(H,24,26). The Bertz CT molecular complexity index is 528. The van der Waals surface area contributed by atoms with Crippen LogP contribution in [0, 0.1) is 0 Å². The molecule has 4 heteroatoms. The second-order valence-corrected chi connectivity index (χ2v) is 23.0. The Morgan fingerprint density at radius 2 is 1.48 bits per heavy atom. The fourth-order valence-corrected chi connectivity index (χ4v) is 16.1. The van der Waals surface area contributed by atoms with Crippen LogP contribution in [0.2, 0.25) is 5.32 Å². The van der Waals surface area contributed by atoms with Gasteiger partial charge in [-0.15, -0.1) is 0 Å². The van der Waals surface area contributed by atoms with Crippen LogP contribution in [0.1, 0.15) is 96.8 Å². The van der Waals surface area contributed by atoms with Gasteiger partial charge in [0.2, 0.25) is 0 Å². The Kier molecular flexibility index (Phi) is 12.9. The fraction of sp³-hybridized carbons (Fsp3) is 0.739. The number of hydrogen-bond donors (Lipinski definition) is 1. The van der Waals surface area contributed by atoms with Gasteiger partial charge in [-0.25, -0.2) is 0 Å². The fourth-order valence-electron chi connectivity index (χ4n) is 3.89. The topological polar surface area (TPSA) is 12.0 Å². The molecule has 0 heterocycles. The molecule has 1 nitrogen and oxygen atoms in total. The van der Waals surface area contributed by atoms with Gasteiger partial charge in [-0.2, -0.15) is 0 Å². The summed E-state index contributed by atoms with van der Waals surface area (Å²) in [5, 5.41) is 7.15. The van der Waals surface area contributed by atoms with Crippen LogP contribution >= 0.6 is 4.35 Å². The summed E-state index contributed by atoms with van der Waals surface area (Å²) in [5.74, 6) is 0. The van der Waals surface area contributed by atoms with Crippen molar-refractivity contribution in [1.82, 2.24) is 5.09 Å². The van der Waals surface area contributed by atoms with Gasteiger partial charge in [0.25, 0.3) is 0 Å². The van der Waals surface area contributed by atoms with Gasteiger partial charge in [0.05, 0.1) is 0 Å². The van der Waals surface area contributed by atoms with Crippen molar-refractivity contribution in [3.8, 4) is 0 Å². The van der Waals surface area contributed by atoms with Gasteiger partial charge < -0.3 is 0 Å². The summed E-state index contributed by atoms with van der Waals surface area (Å²) in [4.78, 5) is 0. The molecular weight excluding hydrogens is 479 g/mol. The normalized spacial score (nSPS) is 17.7. The van der Waals surface area contributed by atoms with Crippen molar-refractivity contribution in [3.05, 3.63) is 30.3 Å². The molecule has 0 amide bonds. The van der Waals surface area contributed by atoms with E-state index < -0.39 is 4.35 Å². The van der Waals surface area contributed by atoms with Crippen molar-refractivity contribution in [2.24, 2.45) is 0 Å². The Morgan fingerprint density at radius 1 is 0.889 bits per heavy atom. The van der Waals surface area contributed by atoms with Crippen molar-refractivity contribution in [3.63, 3.8) is 0 Å². The van der Waals surface area contributed by atoms with Crippen molar-refractivity contribution >= 4 is 39.3 Å². The molecule has 1 unspecified atom stereocenters. The van der Waals surface area contributed by atoms with Gasteiger partial charge in [0.1, 0.15) is 0 Å². The summed E-state index contributed by atoms with van der Waals surface area (Å²) in [6.07, 6.45) is 19.9. The number of nitrogens with one attached hydrogen (secondary N) is 1. The minimum absolute atomic E-state index is 0.674. The Labute approximate surface area is 182 Å².